The molecule has 1 heterocycles. The number of nitrogens with one attached hydrogen (secondary N) is 1. The van der Waals surface area contributed by atoms with Crippen LogP contribution in [0.15, 0.2) is 12.1 Å². The highest BCUT2D eigenvalue weighted by atomic mass is 32.2. The second-order valence-corrected chi connectivity index (χ2v) is 6.21. The summed E-state index contributed by atoms with van der Waals surface area (Å²) in [6.45, 7) is 4.38. The third-order valence-corrected chi connectivity index (χ3v) is 4.64. The van der Waals surface area contributed by atoms with Gasteiger partial charge in [0, 0.05) is 28.8 Å². The first-order valence-electron chi connectivity index (χ1n) is 6.24. The second kappa shape index (κ2) is 5.74. The van der Waals surface area contributed by atoms with Crippen molar-refractivity contribution in [3.8, 4) is 11.5 Å². The van der Waals surface area contributed by atoms with Crippen molar-refractivity contribution >= 4 is 17.4 Å². The number of anilines is 1. The van der Waals surface area contributed by atoms with E-state index in [-0.39, 0.29) is 0 Å². The number of thioether (sulfide) groups is 1. The summed E-state index contributed by atoms with van der Waals surface area (Å²) >= 11 is 2.03. The number of rotatable bonds is 4. The molecule has 100 valence electrons. The third-order valence-electron chi connectivity index (χ3n) is 3.29. The van der Waals surface area contributed by atoms with E-state index in [9.17, 15) is 0 Å². The topological polar surface area (TPSA) is 30.5 Å². The lowest BCUT2D eigenvalue weighted by molar-refractivity contribution is 0.355. The van der Waals surface area contributed by atoms with Gasteiger partial charge in [-0.05, 0) is 25.0 Å². The van der Waals surface area contributed by atoms with Gasteiger partial charge in [0.25, 0.3) is 0 Å². The highest BCUT2D eigenvalue weighted by molar-refractivity contribution is 8.00. The van der Waals surface area contributed by atoms with Crippen LogP contribution in [0.3, 0.4) is 0 Å². The molecule has 0 spiro atoms. The van der Waals surface area contributed by atoms with Gasteiger partial charge in [0.1, 0.15) is 0 Å². The predicted octanol–water partition coefficient (Wildman–Crippen LogP) is 3.32. The molecule has 1 aromatic rings. The number of ether oxygens (including phenoxy) is 2. The zero-order valence-electron chi connectivity index (χ0n) is 11.4. The van der Waals surface area contributed by atoms with Crippen molar-refractivity contribution in [3.05, 3.63) is 17.7 Å². The molecule has 2 rings (SSSR count). The van der Waals surface area contributed by atoms with Gasteiger partial charge in [-0.25, -0.2) is 0 Å². The number of aryl methyl sites for hydroxylation is 1. The van der Waals surface area contributed by atoms with E-state index in [1.807, 2.05) is 23.9 Å². The van der Waals surface area contributed by atoms with Crippen LogP contribution >= 0.6 is 11.8 Å². The van der Waals surface area contributed by atoms with Crippen molar-refractivity contribution in [1.29, 1.82) is 0 Å². The highest BCUT2D eigenvalue weighted by Gasteiger charge is 2.22. The van der Waals surface area contributed by atoms with Crippen molar-refractivity contribution in [1.82, 2.24) is 0 Å². The van der Waals surface area contributed by atoms with Crippen molar-refractivity contribution < 1.29 is 9.47 Å². The van der Waals surface area contributed by atoms with Gasteiger partial charge in [0.15, 0.2) is 11.5 Å². The molecule has 3 nitrogen and oxygen atoms in total. The molecule has 1 aliphatic heterocycles. The number of methoxy groups -OCH3 is 2. The molecule has 0 bridgehead atoms. The van der Waals surface area contributed by atoms with Gasteiger partial charge >= 0.3 is 0 Å². The van der Waals surface area contributed by atoms with E-state index in [1.165, 1.54) is 17.7 Å². The van der Waals surface area contributed by atoms with Gasteiger partial charge < -0.3 is 14.8 Å². The van der Waals surface area contributed by atoms with E-state index in [0.29, 0.717) is 6.04 Å². The van der Waals surface area contributed by atoms with E-state index >= 15 is 0 Å². The Labute approximate surface area is 113 Å². The van der Waals surface area contributed by atoms with E-state index in [1.54, 1.807) is 14.2 Å². The van der Waals surface area contributed by atoms with Gasteiger partial charge in [-0.3, -0.25) is 0 Å². The van der Waals surface area contributed by atoms with Gasteiger partial charge in [-0.2, -0.15) is 11.8 Å². The first-order chi connectivity index (χ1) is 8.63. The van der Waals surface area contributed by atoms with Gasteiger partial charge in [0.2, 0.25) is 0 Å². The Morgan fingerprint density at radius 1 is 1.22 bits per heavy atom. The molecule has 1 saturated heterocycles. The lowest BCUT2D eigenvalue weighted by Gasteiger charge is -2.18. The van der Waals surface area contributed by atoms with Crippen LogP contribution in [0.5, 0.6) is 11.5 Å². The Hall–Kier alpha value is -1.03. The average molecular weight is 267 g/mol. The fourth-order valence-electron chi connectivity index (χ4n) is 2.27. The summed E-state index contributed by atoms with van der Waals surface area (Å²) in [5.41, 5.74) is 2.34. The fourth-order valence-corrected chi connectivity index (χ4v) is 3.42. The lowest BCUT2D eigenvalue weighted by Crippen LogP contribution is -2.19. The van der Waals surface area contributed by atoms with Gasteiger partial charge in [-0.1, -0.05) is 6.92 Å². The molecule has 1 fully saturated rings. The van der Waals surface area contributed by atoms with Crippen LogP contribution < -0.4 is 14.8 Å². The molecule has 2 unspecified atom stereocenters. The summed E-state index contributed by atoms with van der Waals surface area (Å²) in [6, 6.07) is 4.61. The zero-order chi connectivity index (χ0) is 13.1. The van der Waals surface area contributed by atoms with E-state index in [2.05, 4.69) is 19.2 Å². The van der Waals surface area contributed by atoms with Crippen molar-refractivity contribution in [2.45, 2.75) is 31.6 Å². The standard InChI is InChI=1S/C14H21NO2S/c1-9-5-13(16-3)14(17-4)7-12(9)15-11-6-10(2)18-8-11/h5,7,10-11,15H,6,8H2,1-4H3. The smallest absolute Gasteiger partial charge is 0.162 e. The Morgan fingerprint density at radius 2 is 1.89 bits per heavy atom. The SMILES string of the molecule is COc1cc(C)c(NC2CSC(C)C2)cc1OC. The van der Waals surface area contributed by atoms with Crippen molar-refractivity contribution in [2.24, 2.45) is 0 Å². The third kappa shape index (κ3) is 2.86. The molecule has 0 aromatic heterocycles. The molecule has 4 heteroatoms. The Kier molecular flexibility index (Phi) is 4.27. The Morgan fingerprint density at radius 3 is 2.44 bits per heavy atom. The minimum absolute atomic E-state index is 0.557. The first kappa shape index (κ1) is 13.4. The Balaban J connectivity index is 2.17. The molecule has 0 radical (unpaired) electrons. The second-order valence-electron chi connectivity index (χ2n) is 4.74. The summed E-state index contributed by atoms with van der Waals surface area (Å²) < 4.78 is 10.6. The summed E-state index contributed by atoms with van der Waals surface area (Å²) in [5.74, 6) is 2.74. The fraction of sp³-hybridized carbons (Fsp3) is 0.571. The number of benzene rings is 1. The van der Waals surface area contributed by atoms with Crippen molar-refractivity contribution in [2.75, 3.05) is 25.3 Å². The normalized spacial score (nSPS) is 22.9. The molecule has 1 aromatic carbocycles. The van der Waals surface area contributed by atoms with Crippen LogP contribution in [-0.4, -0.2) is 31.3 Å². The molecular weight excluding hydrogens is 246 g/mol. The van der Waals surface area contributed by atoms with Crippen LogP contribution in [0, 0.1) is 6.92 Å². The summed E-state index contributed by atoms with van der Waals surface area (Å²) in [7, 11) is 3.34. The van der Waals surface area contributed by atoms with Crippen LogP contribution in [0.1, 0.15) is 18.9 Å². The van der Waals surface area contributed by atoms with E-state index in [4.69, 9.17) is 9.47 Å². The van der Waals surface area contributed by atoms with Crippen LogP contribution in [0.25, 0.3) is 0 Å². The van der Waals surface area contributed by atoms with Crippen LogP contribution in [-0.2, 0) is 0 Å². The molecule has 1 N–H and O–H groups in total. The molecule has 18 heavy (non-hydrogen) atoms. The summed E-state index contributed by atoms with van der Waals surface area (Å²) in [6.07, 6.45) is 1.22. The predicted molar refractivity (Wildman–Crippen MR) is 78.2 cm³/mol. The minimum atomic E-state index is 0.557. The maximum absolute atomic E-state index is 5.35. The molecule has 0 aliphatic carbocycles. The molecule has 0 saturated carbocycles. The lowest BCUT2D eigenvalue weighted by atomic mass is 10.1. The van der Waals surface area contributed by atoms with E-state index in [0.717, 1.165) is 22.4 Å². The number of hydrogen-bond acceptors (Lipinski definition) is 4. The Bertz CT molecular complexity index is 423. The van der Waals surface area contributed by atoms with Gasteiger partial charge in [-0.15, -0.1) is 0 Å². The zero-order valence-corrected chi connectivity index (χ0v) is 12.3. The minimum Gasteiger partial charge on any atom is -0.493 e. The molecular formula is C14H21NO2S. The summed E-state index contributed by atoms with van der Waals surface area (Å²) in [4.78, 5) is 0. The summed E-state index contributed by atoms with van der Waals surface area (Å²) in [5, 5.41) is 4.36. The molecule has 1 aliphatic rings. The highest BCUT2D eigenvalue weighted by Crippen LogP contribution is 2.35. The monoisotopic (exact) mass is 267 g/mol. The maximum atomic E-state index is 5.35. The largest absolute Gasteiger partial charge is 0.493 e. The van der Waals surface area contributed by atoms with Crippen LogP contribution in [0.2, 0.25) is 0 Å². The van der Waals surface area contributed by atoms with Crippen molar-refractivity contribution in [3.63, 3.8) is 0 Å². The van der Waals surface area contributed by atoms with E-state index < -0.39 is 0 Å². The van der Waals surface area contributed by atoms with Gasteiger partial charge in [0.05, 0.1) is 14.2 Å². The molecule has 0 amide bonds. The first-order valence-corrected chi connectivity index (χ1v) is 7.29. The average Bonchev–Trinajstić information content (AvgIpc) is 2.77. The molecule has 2 atom stereocenters. The maximum Gasteiger partial charge on any atom is 0.162 e. The van der Waals surface area contributed by atoms with Crippen LogP contribution in [0.4, 0.5) is 5.69 Å². The quantitative estimate of drug-likeness (QED) is 0.906. The number of hydrogen-bond donors (Lipinski definition) is 1.